The molecule has 0 bridgehead atoms. The summed E-state index contributed by atoms with van der Waals surface area (Å²) in [6.45, 7) is 0.346. The van der Waals surface area contributed by atoms with Gasteiger partial charge < -0.3 is 9.47 Å². The molecule has 1 aromatic carbocycles. The third-order valence-electron chi connectivity index (χ3n) is 4.53. The van der Waals surface area contributed by atoms with Crippen LogP contribution < -0.4 is 9.88 Å². The number of halogens is 2. The Morgan fingerprint density at radius 2 is 2.19 bits per heavy atom. The number of nitrogens with two attached hydrogens (primary N) is 1. The Morgan fingerprint density at radius 1 is 1.46 bits per heavy atom. The van der Waals surface area contributed by atoms with Gasteiger partial charge in [-0.3, -0.25) is 15.0 Å². The second kappa shape index (κ2) is 6.68. The molecule has 2 aliphatic heterocycles. The molecule has 2 unspecified atom stereocenters. The van der Waals surface area contributed by atoms with Crippen molar-refractivity contribution >= 4 is 15.7 Å². The summed E-state index contributed by atoms with van der Waals surface area (Å²) in [5, 5.41) is 16.1. The van der Waals surface area contributed by atoms with Crippen molar-refractivity contribution in [2.24, 2.45) is 5.14 Å². The zero-order valence-corrected chi connectivity index (χ0v) is 14.3. The van der Waals surface area contributed by atoms with Crippen molar-refractivity contribution in [3.8, 4) is 5.75 Å². The Bertz CT molecular complexity index is 819. The van der Waals surface area contributed by atoms with Crippen LogP contribution in [0.1, 0.15) is 12.8 Å². The first-order chi connectivity index (χ1) is 12.1. The first-order valence-electron chi connectivity index (χ1n) is 7.81. The average Bonchev–Trinajstić information content (AvgIpc) is 2.98. The molecule has 2 N–H and O–H groups in total. The number of nitro groups is 1. The van der Waals surface area contributed by atoms with Crippen molar-refractivity contribution in [3.63, 3.8) is 0 Å². The molecular formula is C14H17F2N3O6S. The van der Waals surface area contributed by atoms with Gasteiger partial charge in [-0.1, -0.05) is 0 Å². The second-order valence-electron chi connectivity index (χ2n) is 6.17. The quantitative estimate of drug-likeness (QED) is 0.566. The standard InChI is InChI=1S/C14H17F2N3O6S/c15-14(16)13(8-25-14)18-5-1-2-9(18)7-24-12-4-3-10(26(17,22)23)6-11(12)19(20)21/h3-4,6,9,13H,1-2,5,7-8H2,(H2,17,22,23). The predicted octanol–water partition coefficient (Wildman–Crippen LogP) is 1.08. The lowest BCUT2D eigenvalue weighted by Crippen LogP contribution is -2.62. The molecule has 26 heavy (non-hydrogen) atoms. The number of benzene rings is 1. The van der Waals surface area contributed by atoms with Crippen molar-refractivity contribution in [2.75, 3.05) is 19.8 Å². The predicted molar refractivity (Wildman–Crippen MR) is 84.4 cm³/mol. The molecule has 0 saturated carbocycles. The van der Waals surface area contributed by atoms with Crippen LogP contribution in [0, 0.1) is 10.1 Å². The Labute approximate surface area is 147 Å². The fraction of sp³-hybridized carbons (Fsp3) is 0.571. The summed E-state index contributed by atoms with van der Waals surface area (Å²) in [6.07, 6.45) is -1.89. The van der Waals surface area contributed by atoms with Crippen molar-refractivity contribution in [1.82, 2.24) is 4.90 Å². The highest BCUT2D eigenvalue weighted by Gasteiger charge is 2.55. The monoisotopic (exact) mass is 393 g/mol. The van der Waals surface area contributed by atoms with Crippen LogP contribution in [0.4, 0.5) is 14.5 Å². The lowest BCUT2D eigenvalue weighted by molar-refractivity contribution is -0.386. The highest BCUT2D eigenvalue weighted by atomic mass is 32.2. The van der Waals surface area contributed by atoms with Crippen LogP contribution in [0.15, 0.2) is 23.1 Å². The number of primary sulfonamides is 1. The molecule has 2 saturated heterocycles. The van der Waals surface area contributed by atoms with E-state index < -0.39 is 37.7 Å². The zero-order valence-electron chi connectivity index (χ0n) is 13.5. The Hall–Kier alpha value is -1.89. The van der Waals surface area contributed by atoms with Crippen LogP contribution in [0.5, 0.6) is 5.75 Å². The normalized spacial score (nSPS) is 25.7. The van der Waals surface area contributed by atoms with E-state index >= 15 is 0 Å². The maximum Gasteiger partial charge on any atom is 0.373 e. The molecule has 9 nitrogen and oxygen atoms in total. The summed E-state index contributed by atoms with van der Waals surface area (Å²) >= 11 is 0. The van der Waals surface area contributed by atoms with E-state index in [9.17, 15) is 27.3 Å². The number of rotatable bonds is 6. The summed E-state index contributed by atoms with van der Waals surface area (Å²) in [4.78, 5) is 11.6. The molecule has 0 radical (unpaired) electrons. The van der Waals surface area contributed by atoms with Crippen LogP contribution in [0.25, 0.3) is 0 Å². The second-order valence-corrected chi connectivity index (χ2v) is 7.73. The van der Waals surface area contributed by atoms with Gasteiger partial charge >= 0.3 is 11.8 Å². The van der Waals surface area contributed by atoms with Gasteiger partial charge in [-0.05, 0) is 31.5 Å². The van der Waals surface area contributed by atoms with Crippen LogP contribution in [-0.4, -0.2) is 56.2 Å². The molecule has 0 spiro atoms. The van der Waals surface area contributed by atoms with Gasteiger partial charge in [0.1, 0.15) is 12.6 Å². The van der Waals surface area contributed by atoms with Crippen LogP contribution in [0.2, 0.25) is 0 Å². The van der Waals surface area contributed by atoms with Gasteiger partial charge in [0.25, 0.3) is 0 Å². The van der Waals surface area contributed by atoms with E-state index in [1.54, 1.807) is 4.90 Å². The first-order valence-corrected chi connectivity index (χ1v) is 9.36. The number of alkyl halides is 2. The number of hydrogen-bond acceptors (Lipinski definition) is 7. The van der Waals surface area contributed by atoms with E-state index in [1.807, 2.05) is 0 Å². The minimum atomic E-state index is -4.10. The Balaban J connectivity index is 1.74. The average molecular weight is 393 g/mol. The Morgan fingerprint density at radius 3 is 2.73 bits per heavy atom. The first kappa shape index (κ1) is 18.9. The van der Waals surface area contributed by atoms with Gasteiger partial charge in [-0.25, -0.2) is 13.6 Å². The number of hydrogen-bond donors (Lipinski definition) is 1. The molecule has 2 fully saturated rings. The SMILES string of the molecule is NS(=O)(=O)c1ccc(OCC2CCCN2C2COC2(F)F)c([N+](=O)[O-])c1. The van der Waals surface area contributed by atoms with E-state index in [4.69, 9.17) is 9.88 Å². The van der Waals surface area contributed by atoms with Gasteiger partial charge in [-0.2, -0.15) is 8.78 Å². The summed E-state index contributed by atoms with van der Waals surface area (Å²) in [5.74, 6) is -0.147. The molecule has 1 aromatic rings. The number of ether oxygens (including phenoxy) is 2. The molecule has 0 aromatic heterocycles. The number of sulfonamides is 1. The molecule has 2 aliphatic rings. The lowest BCUT2D eigenvalue weighted by Gasteiger charge is -2.43. The summed E-state index contributed by atoms with van der Waals surface area (Å²) in [6, 6.07) is 1.67. The fourth-order valence-electron chi connectivity index (χ4n) is 3.14. The maximum atomic E-state index is 13.5. The third kappa shape index (κ3) is 3.63. The van der Waals surface area contributed by atoms with E-state index in [0.717, 1.165) is 18.2 Å². The van der Waals surface area contributed by atoms with Gasteiger partial charge in [0.05, 0.1) is 16.4 Å². The van der Waals surface area contributed by atoms with Crippen molar-refractivity contribution in [2.45, 2.75) is 35.9 Å². The van der Waals surface area contributed by atoms with Gasteiger partial charge in [0.15, 0.2) is 5.75 Å². The third-order valence-corrected chi connectivity index (χ3v) is 5.44. The van der Waals surface area contributed by atoms with E-state index in [1.165, 1.54) is 0 Å². The molecule has 0 aliphatic carbocycles. The maximum absolute atomic E-state index is 13.5. The van der Waals surface area contributed by atoms with Crippen molar-refractivity contribution in [3.05, 3.63) is 28.3 Å². The highest BCUT2D eigenvalue weighted by molar-refractivity contribution is 7.89. The summed E-state index contributed by atoms with van der Waals surface area (Å²) in [7, 11) is -4.10. The van der Waals surface area contributed by atoms with Crippen LogP contribution >= 0.6 is 0 Å². The van der Waals surface area contributed by atoms with E-state index in [-0.39, 0.29) is 25.0 Å². The molecule has 2 atom stereocenters. The Kier molecular flexibility index (Phi) is 4.86. The molecule has 12 heteroatoms. The van der Waals surface area contributed by atoms with E-state index in [0.29, 0.717) is 19.4 Å². The van der Waals surface area contributed by atoms with Gasteiger partial charge in [0, 0.05) is 12.1 Å². The number of nitro benzene ring substituents is 1. The summed E-state index contributed by atoms with van der Waals surface area (Å²) < 4.78 is 59.3. The highest BCUT2D eigenvalue weighted by Crippen LogP contribution is 2.38. The fourth-order valence-corrected chi connectivity index (χ4v) is 3.68. The topological polar surface area (TPSA) is 125 Å². The molecule has 0 amide bonds. The molecule has 3 rings (SSSR count). The summed E-state index contributed by atoms with van der Waals surface area (Å²) in [5.41, 5.74) is -0.557. The van der Waals surface area contributed by atoms with Crippen LogP contribution in [0.3, 0.4) is 0 Å². The molecule has 2 heterocycles. The molecular weight excluding hydrogens is 376 g/mol. The minimum absolute atomic E-state index is 0.0395. The van der Waals surface area contributed by atoms with Gasteiger partial charge in [0.2, 0.25) is 10.0 Å². The number of likely N-dealkylation sites (tertiary alicyclic amines) is 1. The zero-order chi connectivity index (χ0) is 19.1. The lowest BCUT2D eigenvalue weighted by atomic mass is 10.1. The number of nitrogens with zero attached hydrogens (tertiary/aromatic N) is 2. The molecule has 144 valence electrons. The van der Waals surface area contributed by atoms with Crippen molar-refractivity contribution in [1.29, 1.82) is 0 Å². The smallest absolute Gasteiger partial charge is 0.373 e. The van der Waals surface area contributed by atoms with Crippen LogP contribution in [-0.2, 0) is 14.8 Å². The van der Waals surface area contributed by atoms with Crippen molar-refractivity contribution < 1.29 is 31.6 Å². The van der Waals surface area contributed by atoms with E-state index in [2.05, 4.69) is 4.74 Å². The van der Waals surface area contributed by atoms with Gasteiger partial charge in [-0.15, -0.1) is 0 Å². The largest absolute Gasteiger partial charge is 0.485 e. The minimum Gasteiger partial charge on any atom is -0.485 e.